The van der Waals surface area contributed by atoms with Crippen LogP contribution < -0.4 is 9.47 Å². The van der Waals surface area contributed by atoms with Gasteiger partial charge in [0.25, 0.3) is 0 Å². The summed E-state index contributed by atoms with van der Waals surface area (Å²) < 4.78 is 16.5. The summed E-state index contributed by atoms with van der Waals surface area (Å²) in [5, 5.41) is 10.8. The van der Waals surface area contributed by atoms with Crippen LogP contribution in [-0.2, 0) is 21.4 Å². The highest BCUT2D eigenvalue weighted by Gasteiger charge is 2.62. The highest BCUT2D eigenvalue weighted by molar-refractivity contribution is 5.93. The average molecular weight is 415 g/mol. The predicted octanol–water partition coefficient (Wildman–Crippen LogP) is 2.24. The number of aromatic nitrogens is 1. The molecule has 30 heavy (non-hydrogen) atoms. The maximum absolute atomic E-state index is 13.5. The van der Waals surface area contributed by atoms with E-state index in [2.05, 4.69) is 9.88 Å². The second-order valence-electron chi connectivity index (χ2n) is 8.96. The number of H-pyrrole nitrogens is 1. The molecule has 4 aliphatic rings. The Morgan fingerprint density at radius 2 is 2.03 bits per heavy atom. The third-order valence-corrected chi connectivity index (χ3v) is 7.64. The quantitative estimate of drug-likeness (QED) is 0.730. The first kappa shape index (κ1) is 19.7. The van der Waals surface area contributed by atoms with Crippen LogP contribution in [0.25, 0.3) is 10.9 Å². The number of carbonyl (C=O) groups excluding carboxylic acids is 1. The zero-order valence-electron chi connectivity index (χ0n) is 17.9. The summed E-state index contributed by atoms with van der Waals surface area (Å²) in [7, 11) is 4.76. The van der Waals surface area contributed by atoms with Crippen molar-refractivity contribution in [2.24, 2.45) is 11.8 Å². The lowest BCUT2D eigenvalue weighted by Gasteiger charge is -2.57. The SMILES string of the molecule is COC(=O)C12C[C@H]3CC(CCO)C1N(CCc1c2[nH]c2cc(OC)c(OC)cc12)C3. The van der Waals surface area contributed by atoms with Gasteiger partial charge in [0.15, 0.2) is 11.5 Å². The summed E-state index contributed by atoms with van der Waals surface area (Å²) in [6.07, 6.45) is 3.43. The number of carbonyl (C=O) groups is 1. The molecule has 162 valence electrons. The molecule has 7 heteroatoms. The first-order valence-electron chi connectivity index (χ1n) is 10.8. The number of nitrogens with one attached hydrogen (secondary N) is 1. The fraction of sp³-hybridized carbons (Fsp3) is 0.609. The van der Waals surface area contributed by atoms with Crippen molar-refractivity contribution in [1.82, 2.24) is 9.88 Å². The number of aromatic amines is 1. The number of benzene rings is 1. The van der Waals surface area contributed by atoms with Crippen molar-refractivity contribution in [1.29, 1.82) is 0 Å². The number of hydrogen-bond donors (Lipinski definition) is 2. The highest BCUT2D eigenvalue weighted by atomic mass is 16.5. The predicted molar refractivity (Wildman–Crippen MR) is 112 cm³/mol. The first-order chi connectivity index (χ1) is 14.6. The highest BCUT2D eigenvalue weighted by Crippen LogP contribution is 2.55. The van der Waals surface area contributed by atoms with E-state index in [1.54, 1.807) is 14.2 Å². The number of fused-ring (bicyclic) bond motifs is 4. The summed E-state index contributed by atoms with van der Waals surface area (Å²) in [5.74, 6) is 1.89. The van der Waals surface area contributed by atoms with Crippen molar-refractivity contribution < 1.29 is 24.1 Å². The number of nitrogens with zero attached hydrogens (tertiary/aromatic N) is 1. The molecular formula is C23H30N2O5. The molecule has 5 atom stereocenters. The molecule has 1 aliphatic carbocycles. The molecule has 2 aromatic rings. The molecule has 4 unspecified atom stereocenters. The number of methoxy groups -OCH3 is 3. The van der Waals surface area contributed by atoms with Crippen LogP contribution in [0.3, 0.4) is 0 Å². The number of ether oxygens (including phenoxy) is 3. The molecule has 1 aromatic heterocycles. The smallest absolute Gasteiger partial charge is 0.319 e. The Labute approximate surface area is 176 Å². The number of hydrogen-bond acceptors (Lipinski definition) is 6. The van der Waals surface area contributed by atoms with Crippen LogP contribution in [0.4, 0.5) is 0 Å². The summed E-state index contributed by atoms with van der Waals surface area (Å²) in [6, 6.07) is 4.01. The van der Waals surface area contributed by atoms with Crippen molar-refractivity contribution in [3.05, 3.63) is 23.4 Å². The van der Waals surface area contributed by atoms with Gasteiger partial charge in [0.05, 0.1) is 21.3 Å². The van der Waals surface area contributed by atoms with Gasteiger partial charge in [-0.25, -0.2) is 0 Å². The van der Waals surface area contributed by atoms with Gasteiger partial charge in [-0.3, -0.25) is 9.69 Å². The van der Waals surface area contributed by atoms with E-state index < -0.39 is 5.41 Å². The minimum Gasteiger partial charge on any atom is -0.493 e. The number of piperidine rings is 2. The molecule has 0 amide bonds. The van der Waals surface area contributed by atoms with Gasteiger partial charge >= 0.3 is 5.97 Å². The zero-order valence-corrected chi connectivity index (χ0v) is 17.9. The number of rotatable bonds is 5. The van der Waals surface area contributed by atoms with E-state index in [9.17, 15) is 9.90 Å². The van der Waals surface area contributed by atoms with Gasteiger partial charge in [-0.15, -0.1) is 0 Å². The van der Waals surface area contributed by atoms with Crippen LogP contribution in [0.15, 0.2) is 12.1 Å². The van der Waals surface area contributed by atoms with E-state index in [0.717, 1.165) is 48.9 Å². The molecule has 1 aromatic carbocycles. The van der Waals surface area contributed by atoms with Crippen LogP contribution >= 0.6 is 0 Å². The van der Waals surface area contributed by atoms with Crippen molar-refractivity contribution in [2.75, 3.05) is 41.0 Å². The normalized spacial score (nSPS) is 31.9. The molecular weight excluding hydrogens is 384 g/mol. The van der Waals surface area contributed by atoms with E-state index in [1.807, 2.05) is 12.1 Å². The zero-order chi connectivity index (χ0) is 21.0. The van der Waals surface area contributed by atoms with Gasteiger partial charge < -0.3 is 24.3 Å². The monoisotopic (exact) mass is 414 g/mol. The van der Waals surface area contributed by atoms with Crippen LogP contribution in [0, 0.1) is 11.8 Å². The minimum absolute atomic E-state index is 0.0419. The van der Waals surface area contributed by atoms with Gasteiger partial charge in [0.2, 0.25) is 0 Å². The number of esters is 1. The fourth-order valence-corrected chi connectivity index (χ4v) is 6.70. The lowest BCUT2D eigenvalue weighted by Crippen LogP contribution is -2.67. The van der Waals surface area contributed by atoms with Gasteiger partial charge in [-0.1, -0.05) is 0 Å². The van der Waals surface area contributed by atoms with E-state index >= 15 is 0 Å². The molecule has 0 spiro atoms. The molecule has 2 saturated heterocycles. The third-order valence-electron chi connectivity index (χ3n) is 7.64. The Balaban J connectivity index is 1.76. The van der Waals surface area contributed by atoms with Crippen LogP contribution in [-0.4, -0.2) is 68.0 Å². The third kappa shape index (κ3) is 2.54. The second kappa shape index (κ2) is 7.17. The Hall–Kier alpha value is -2.25. The Morgan fingerprint density at radius 1 is 1.27 bits per heavy atom. The summed E-state index contributed by atoms with van der Waals surface area (Å²) in [6.45, 7) is 2.06. The van der Waals surface area contributed by atoms with E-state index in [4.69, 9.17) is 14.2 Å². The van der Waals surface area contributed by atoms with Gasteiger partial charge in [-0.05, 0) is 49.1 Å². The Kier molecular flexibility index (Phi) is 4.71. The average Bonchev–Trinajstić information content (AvgIpc) is 3.09. The summed E-state index contributed by atoms with van der Waals surface area (Å²) in [4.78, 5) is 19.6. The van der Waals surface area contributed by atoms with Crippen molar-refractivity contribution in [3.63, 3.8) is 0 Å². The molecule has 2 N–H and O–H groups in total. The largest absolute Gasteiger partial charge is 0.493 e. The Bertz CT molecular complexity index is 986. The molecule has 0 radical (unpaired) electrons. The lowest BCUT2D eigenvalue weighted by atomic mass is 9.56. The molecule has 1 saturated carbocycles. The number of aliphatic hydroxyl groups excluding tert-OH is 1. The molecule has 4 bridgehead atoms. The van der Waals surface area contributed by atoms with Crippen LogP contribution in [0.2, 0.25) is 0 Å². The fourth-order valence-electron chi connectivity index (χ4n) is 6.70. The van der Waals surface area contributed by atoms with Crippen molar-refractivity contribution in [2.45, 2.75) is 37.1 Å². The lowest BCUT2D eigenvalue weighted by molar-refractivity contribution is -0.162. The molecule has 3 fully saturated rings. The van der Waals surface area contributed by atoms with E-state index in [1.165, 1.54) is 12.7 Å². The maximum atomic E-state index is 13.5. The van der Waals surface area contributed by atoms with Gasteiger partial charge in [0, 0.05) is 48.4 Å². The summed E-state index contributed by atoms with van der Waals surface area (Å²) >= 11 is 0. The topological polar surface area (TPSA) is 84.0 Å². The minimum atomic E-state index is -0.735. The van der Waals surface area contributed by atoms with Crippen LogP contribution in [0.1, 0.15) is 30.5 Å². The standard InChI is InChI=1S/C23H30N2O5/c1-28-18-9-16-15-4-6-25-12-13-8-14(5-7-26)21(25)23(11-13,22(27)30-3)20(15)24-17(16)10-19(18)29-2/h9-10,13-14,21,24,26H,4-8,11-12H2,1-3H3/t13-,14?,21?,23?/m1/s1. The van der Waals surface area contributed by atoms with Gasteiger partial charge in [0.1, 0.15) is 5.41 Å². The van der Waals surface area contributed by atoms with E-state index in [-0.39, 0.29) is 24.5 Å². The van der Waals surface area contributed by atoms with Gasteiger partial charge in [-0.2, -0.15) is 0 Å². The summed E-state index contributed by atoms with van der Waals surface area (Å²) in [5.41, 5.74) is 2.38. The van der Waals surface area contributed by atoms with Crippen molar-refractivity contribution in [3.8, 4) is 11.5 Å². The molecule has 7 nitrogen and oxygen atoms in total. The molecule has 3 aliphatic heterocycles. The van der Waals surface area contributed by atoms with Crippen LogP contribution in [0.5, 0.6) is 11.5 Å². The Morgan fingerprint density at radius 3 is 2.73 bits per heavy atom. The second-order valence-corrected chi connectivity index (χ2v) is 8.96. The number of aliphatic hydroxyl groups is 1. The first-order valence-corrected chi connectivity index (χ1v) is 10.8. The maximum Gasteiger partial charge on any atom is 0.319 e. The van der Waals surface area contributed by atoms with E-state index in [0.29, 0.717) is 23.8 Å². The van der Waals surface area contributed by atoms with Crippen molar-refractivity contribution >= 4 is 16.9 Å². The molecule has 6 rings (SSSR count). The molecule has 4 heterocycles.